The highest BCUT2D eigenvalue weighted by Crippen LogP contribution is 2.39. The lowest BCUT2D eigenvalue weighted by Gasteiger charge is -2.12. The first-order chi connectivity index (χ1) is 14.5. The van der Waals surface area contributed by atoms with Crippen LogP contribution in [0.25, 0.3) is 11.4 Å². The molecule has 0 saturated carbocycles. The van der Waals surface area contributed by atoms with E-state index in [4.69, 9.17) is 14.2 Å². The van der Waals surface area contributed by atoms with Gasteiger partial charge in [0.2, 0.25) is 5.75 Å². The molecule has 0 saturated heterocycles. The first-order valence-corrected chi connectivity index (χ1v) is 10.2. The van der Waals surface area contributed by atoms with Gasteiger partial charge in [0.05, 0.1) is 38.2 Å². The molecule has 1 aromatic heterocycles. The molecule has 8 nitrogen and oxygen atoms in total. The van der Waals surface area contributed by atoms with E-state index >= 15 is 0 Å². The summed E-state index contributed by atoms with van der Waals surface area (Å²) in [6, 6.07) is 10.7. The topological polar surface area (TPSA) is 95.7 Å². The molecular formula is C21H23N3O5S. The second kappa shape index (κ2) is 9.53. The number of aromatic hydroxyl groups is 1. The number of phenols is 1. The summed E-state index contributed by atoms with van der Waals surface area (Å²) in [4.78, 5) is 12.8. The van der Waals surface area contributed by atoms with Gasteiger partial charge in [-0.1, -0.05) is 23.9 Å². The monoisotopic (exact) mass is 429 g/mol. The van der Waals surface area contributed by atoms with Crippen molar-refractivity contribution in [2.24, 2.45) is 0 Å². The van der Waals surface area contributed by atoms with Crippen molar-refractivity contribution in [3.63, 3.8) is 0 Å². The molecule has 0 spiro atoms. The third kappa shape index (κ3) is 4.06. The van der Waals surface area contributed by atoms with Crippen LogP contribution in [0.3, 0.4) is 0 Å². The lowest BCUT2D eigenvalue weighted by Crippen LogP contribution is -2.07. The number of hydrogen-bond donors (Lipinski definition) is 1. The minimum absolute atomic E-state index is 0.0895. The maximum absolute atomic E-state index is 12.8. The molecule has 0 aliphatic carbocycles. The van der Waals surface area contributed by atoms with E-state index in [1.807, 2.05) is 35.8 Å². The number of Topliss-reactive ketones (excluding diaryl/α,β-unsaturated/α-hetero) is 1. The molecule has 0 amide bonds. The zero-order chi connectivity index (χ0) is 21.7. The molecule has 0 unspecified atom stereocenters. The van der Waals surface area contributed by atoms with Gasteiger partial charge in [-0.15, -0.1) is 10.2 Å². The van der Waals surface area contributed by atoms with E-state index in [9.17, 15) is 9.90 Å². The molecule has 9 heteroatoms. The lowest BCUT2D eigenvalue weighted by atomic mass is 10.1. The van der Waals surface area contributed by atoms with Crippen LogP contribution in [0.5, 0.6) is 23.0 Å². The Hall–Kier alpha value is -3.20. The minimum atomic E-state index is -0.209. The number of rotatable bonds is 9. The molecule has 0 aliphatic heterocycles. The van der Waals surface area contributed by atoms with Gasteiger partial charge in [-0.05, 0) is 31.2 Å². The molecule has 0 atom stereocenters. The number of ether oxygens (including phenoxy) is 3. The van der Waals surface area contributed by atoms with Crippen molar-refractivity contribution in [1.82, 2.24) is 14.8 Å². The van der Waals surface area contributed by atoms with Crippen molar-refractivity contribution in [2.75, 3.05) is 27.1 Å². The summed E-state index contributed by atoms with van der Waals surface area (Å²) >= 11 is 1.27. The third-order valence-corrected chi connectivity index (χ3v) is 5.50. The first kappa shape index (κ1) is 21.5. The van der Waals surface area contributed by atoms with Gasteiger partial charge in [0, 0.05) is 6.54 Å². The summed E-state index contributed by atoms with van der Waals surface area (Å²) in [7, 11) is 4.44. The summed E-state index contributed by atoms with van der Waals surface area (Å²) in [6.45, 7) is 2.61. The standard InChI is InChI=1S/C21H23N3O5S/c1-5-24-20(14-8-6-7-9-16(14)27-2)22-23-21(24)30-12-15(25)13-10-11-17(28-3)18(26)19(13)29-4/h6-11,26H,5,12H2,1-4H3. The van der Waals surface area contributed by atoms with E-state index < -0.39 is 0 Å². The molecule has 1 N–H and O–H groups in total. The Bertz CT molecular complexity index is 1050. The van der Waals surface area contributed by atoms with Gasteiger partial charge in [-0.2, -0.15) is 0 Å². The zero-order valence-corrected chi connectivity index (χ0v) is 18.0. The molecule has 3 rings (SSSR count). The number of thioether (sulfide) groups is 1. The minimum Gasteiger partial charge on any atom is -0.502 e. The van der Waals surface area contributed by atoms with E-state index in [0.717, 1.165) is 5.56 Å². The molecule has 2 aromatic carbocycles. The molecule has 30 heavy (non-hydrogen) atoms. The summed E-state index contributed by atoms with van der Waals surface area (Å²) in [5.74, 6) is 1.39. The Balaban J connectivity index is 1.84. The average molecular weight is 429 g/mol. The number of carbonyl (C=O) groups is 1. The van der Waals surface area contributed by atoms with Crippen molar-refractivity contribution >= 4 is 17.5 Å². The van der Waals surface area contributed by atoms with Gasteiger partial charge in [0.15, 0.2) is 28.3 Å². The predicted octanol–water partition coefficient (Wildman–Crippen LogP) is 3.67. The SMILES string of the molecule is CCn1c(SCC(=O)c2ccc(OC)c(O)c2OC)nnc1-c1ccccc1OC. The molecule has 0 fully saturated rings. The smallest absolute Gasteiger partial charge is 0.201 e. The fourth-order valence-corrected chi connectivity index (χ4v) is 3.95. The number of hydrogen-bond acceptors (Lipinski definition) is 8. The van der Waals surface area contributed by atoms with Gasteiger partial charge < -0.3 is 23.9 Å². The van der Waals surface area contributed by atoms with E-state index in [2.05, 4.69) is 10.2 Å². The van der Waals surface area contributed by atoms with Gasteiger partial charge in [-0.3, -0.25) is 4.79 Å². The van der Waals surface area contributed by atoms with E-state index in [0.29, 0.717) is 23.3 Å². The maximum Gasteiger partial charge on any atom is 0.201 e. The summed E-state index contributed by atoms with van der Waals surface area (Å²) in [5.41, 5.74) is 1.10. The Morgan fingerprint density at radius 2 is 1.77 bits per heavy atom. The molecule has 0 aliphatic rings. The number of methoxy groups -OCH3 is 3. The van der Waals surface area contributed by atoms with Crippen LogP contribution in [0, 0.1) is 0 Å². The van der Waals surface area contributed by atoms with Crippen LogP contribution < -0.4 is 14.2 Å². The van der Waals surface area contributed by atoms with Gasteiger partial charge in [0.25, 0.3) is 0 Å². The molecular weight excluding hydrogens is 406 g/mol. The molecule has 0 bridgehead atoms. The fourth-order valence-electron chi connectivity index (χ4n) is 3.06. The Kier molecular flexibility index (Phi) is 6.83. The van der Waals surface area contributed by atoms with E-state index in [-0.39, 0.29) is 34.3 Å². The van der Waals surface area contributed by atoms with Gasteiger partial charge in [0.1, 0.15) is 5.75 Å². The number of phenolic OH excluding ortho intramolecular Hbond substituents is 1. The van der Waals surface area contributed by atoms with E-state index in [1.54, 1.807) is 13.2 Å². The summed E-state index contributed by atoms with van der Waals surface area (Å²) in [6.07, 6.45) is 0. The normalized spacial score (nSPS) is 10.7. The van der Waals surface area contributed by atoms with Crippen molar-refractivity contribution in [2.45, 2.75) is 18.6 Å². The van der Waals surface area contributed by atoms with Crippen LogP contribution in [0.4, 0.5) is 0 Å². The van der Waals surface area contributed by atoms with Crippen molar-refractivity contribution in [3.8, 4) is 34.4 Å². The average Bonchev–Trinajstić information content (AvgIpc) is 3.19. The first-order valence-electron chi connectivity index (χ1n) is 9.22. The van der Waals surface area contributed by atoms with Crippen molar-refractivity contribution < 1.29 is 24.1 Å². The Labute approximate surface area is 178 Å². The quantitative estimate of drug-likeness (QED) is 0.407. The largest absolute Gasteiger partial charge is 0.502 e. The zero-order valence-electron chi connectivity index (χ0n) is 17.2. The number of aromatic nitrogens is 3. The van der Waals surface area contributed by atoms with Crippen LogP contribution in [-0.2, 0) is 6.54 Å². The lowest BCUT2D eigenvalue weighted by molar-refractivity contribution is 0.101. The molecule has 158 valence electrons. The molecule has 1 heterocycles. The maximum atomic E-state index is 12.8. The second-order valence-corrected chi connectivity index (χ2v) is 7.10. The van der Waals surface area contributed by atoms with Gasteiger partial charge >= 0.3 is 0 Å². The fraction of sp³-hybridized carbons (Fsp3) is 0.286. The van der Waals surface area contributed by atoms with Crippen LogP contribution in [-0.4, -0.2) is 52.7 Å². The summed E-state index contributed by atoms with van der Waals surface area (Å²) in [5, 5.41) is 19.4. The molecule has 0 radical (unpaired) electrons. The highest BCUT2D eigenvalue weighted by molar-refractivity contribution is 7.99. The molecule has 3 aromatic rings. The highest BCUT2D eigenvalue weighted by atomic mass is 32.2. The van der Waals surface area contributed by atoms with E-state index in [1.165, 1.54) is 32.0 Å². The second-order valence-electron chi connectivity index (χ2n) is 6.16. The van der Waals surface area contributed by atoms with Crippen LogP contribution >= 0.6 is 11.8 Å². The Morgan fingerprint density at radius 3 is 2.43 bits per heavy atom. The number of para-hydroxylation sites is 1. The van der Waals surface area contributed by atoms with Crippen molar-refractivity contribution in [3.05, 3.63) is 42.0 Å². The Morgan fingerprint density at radius 1 is 1.03 bits per heavy atom. The van der Waals surface area contributed by atoms with Gasteiger partial charge in [-0.25, -0.2) is 0 Å². The van der Waals surface area contributed by atoms with Crippen molar-refractivity contribution in [1.29, 1.82) is 0 Å². The van der Waals surface area contributed by atoms with Crippen LogP contribution in [0.15, 0.2) is 41.6 Å². The number of benzene rings is 2. The number of nitrogens with zero attached hydrogens (tertiary/aromatic N) is 3. The van der Waals surface area contributed by atoms with Crippen LogP contribution in [0.1, 0.15) is 17.3 Å². The highest BCUT2D eigenvalue weighted by Gasteiger charge is 2.21. The van der Waals surface area contributed by atoms with Crippen LogP contribution in [0.2, 0.25) is 0 Å². The number of carbonyl (C=O) groups excluding carboxylic acids is 1. The predicted molar refractivity (Wildman–Crippen MR) is 114 cm³/mol. The number of ketones is 1. The third-order valence-electron chi connectivity index (χ3n) is 4.53. The summed E-state index contributed by atoms with van der Waals surface area (Å²) < 4.78 is 17.6.